The van der Waals surface area contributed by atoms with Crippen molar-refractivity contribution in [3.05, 3.63) is 84.2 Å². The third-order valence-corrected chi connectivity index (χ3v) is 4.20. The Labute approximate surface area is 151 Å². The largest absolute Gasteiger partial charge is 0.497 e. The van der Waals surface area contributed by atoms with Gasteiger partial charge in [0.05, 0.1) is 23.8 Å². The average molecular weight is 342 g/mol. The summed E-state index contributed by atoms with van der Waals surface area (Å²) in [6.07, 6.45) is 0. The van der Waals surface area contributed by atoms with Crippen molar-refractivity contribution < 1.29 is 9.15 Å². The fraction of sp³-hybridized carbons (Fsp3) is 0.0455. The highest BCUT2D eigenvalue weighted by Crippen LogP contribution is 2.25. The van der Waals surface area contributed by atoms with E-state index in [1.54, 1.807) is 7.11 Å². The number of fused-ring (bicyclic) bond motifs is 1. The predicted octanol–water partition coefficient (Wildman–Crippen LogP) is 4.92. The smallest absolute Gasteiger partial charge is 0.136 e. The molecule has 0 aliphatic carbocycles. The lowest BCUT2D eigenvalue weighted by Gasteiger charge is -2.06. The molecule has 128 valence electrons. The number of rotatable bonds is 3. The molecule has 0 amide bonds. The Morgan fingerprint density at radius 1 is 0.885 bits per heavy atom. The van der Waals surface area contributed by atoms with Gasteiger partial charge in [-0.15, -0.1) is 0 Å². The maximum Gasteiger partial charge on any atom is 0.136 e. The van der Waals surface area contributed by atoms with E-state index in [2.05, 4.69) is 0 Å². The average Bonchev–Trinajstić information content (AvgIpc) is 2.69. The van der Waals surface area contributed by atoms with E-state index in [1.165, 1.54) is 0 Å². The van der Waals surface area contributed by atoms with E-state index in [0.717, 1.165) is 39.1 Å². The third kappa shape index (κ3) is 3.05. The second-order valence-electron chi connectivity index (χ2n) is 5.89. The predicted molar refractivity (Wildman–Crippen MR) is 104 cm³/mol. The molecule has 0 aliphatic heterocycles. The van der Waals surface area contributed by atoms with Crippen LogP contribution in [0.1, 0.15) is 0 Å². The Morgan fingerprint density at radius 2 is 1.62 bits per heavy atom. The zero-order chi connectivity index (χ0) is 17.9. The summed E-state index contributed by atoms with van der Waals surface area (Å²) < 4.78 is 11.3. The number of ether oxygens (including phenoxy) is 1. The number of benzene rings is 3. The van der Waals surface area contributed by atoms with Crippen molar-refractivity contribution in [3.8, 4) is 17.1 Å². The minimum absolute atomic E-state index is 0.642. The van der Waals surface area contributed by atoms with Crippen molar-refractivity contribution in [2.75, 3.05) is 12.8 Å². The first-order valence-electron chi connectivity index (χ1n) is 8.31. The lowest BCUT2D eigenvalue weighted by molar-refractivity contribution is 0.415. The van der Waals surface area contributed by atoms with Gasteiger partial charge in [0, 0.05) is 17.0 Å². The Bertz CT molecular complexity index is 1130. The van der Waals surface area contributed by atoms with Gasteiger partial charge in [-0.2, -0.15) is 0 Å². The first kappa shape index (κ1) is 16.0. The maximum absolute atomic E-state index is 6.10. The molecule has 0 atom stereocenters. The minimum Gasteiger partial charge on any atom is -0.497 e. The second-order valence-corrected chi connectivity index (χ2v) is 5.89. The first-order valence-corrected chi connectivity index (χ1v) is 8.31. The highest BCUT2D eigenvalue weighted by molar-refractivity contribution is 5.79. The molecule has 4 heteroatoms. The van der Waals surface area contributed by atoms with Crippen LogP contribution in [0.3, 0.4) is 0 Å². The minimum atomic E-state index is 0.642. The van der Waals surface area contributed by atoms with Crippen LogP contribution in [-0.4, -0.2) is 7.11 Å². The number of anilines is 1. The number of nitrogen functional groups attached to an aromatic ring is 1. The van der Waals surface area contributed by atoms with Gasteiger partial charge in [0.15, 0.2) is 0 Å². The summed E-state index contributed by atoms with van der Waals surface area (Å²) in [5, 5.41) is 1.75. The van der Waals surface area contributed by atoms with Gasteiger partial charge in [0.1, 0.15) is 17.1 Å². The van der Waals surface area contributed by atoms with Crippen molar-refractivity contribution in [3.63, 3.8) is 0 Å². The quantitative estimate of drug-likeness (QED) is 0.537. The summed E-state index contributed by atoms with van der Waals surface area (Å²) in [6.45, 7) is 0. The number of methoxy groups -OCH3 is 1. The molecule has 4 rings (SSSR count). The molecule has 1 aromatic heterocycles. The van der Waals surface area contributed by atoms with Crippen LogP contribution in [0.15, 0.2) is 88.3 Å². The van der Waals surface area contributed by atoms with Crippen molar-refractivity contribution >= 4 is 22.3 Å². The third-order valence-electron chi connectivity index (χ3n) is 4.20. The molecular weight excluding hydrogens is 324 g/mol. The van der Waals surface area contributed by atoms with E-state index < -0.39 is 0 Å². The van der Waals surface area contributed by atoms with Crippen LogP contribution in [0.2, 0.25) is 0 Å². The van der Waals surface area contributed by atoms with Gasteiger partial charge >= 0.3 is 0 Å². The molecule has 0 saturated heterocycles. The summed E-state index contributed by atoms with van der Waals surface area (Å²) in [6, 6.07) is 25.1. The molecule has 1 heterocycles. The molecule has 4 aromatic rings. The van der Waals surface area contributed by atoms with Crippen molar-refractivity contribution in [2.24, 2.45) is 4.99 Å². The van der Waals surface area contributed by atoms with Crippen molar-refractivity contribution in [1.29, 1.82) is 0 Å². The topological polar surface area (TPSA) is 60.8 Å². The zero-order valence-electron chi connectivity index (χ0n) is 14.3. The van der Waals surface area contributed by atoms with Gasteiger partial charge in [-0.25, -0.2) is 4.99 Å². The molecule has 26 heavy (non-hydrogen) atoms. The molecule has 0 saturated carbocycles. The number of hydrogen-bond acceptors (Lipinski definition) is 4. The summed E-state index contributed by atoms with van der Waals surface area (Å²) >= 11 is 0. The fourth-order valence-electron chi connectivity index (χ4n) is 2.83. The van der Waals surface area contributed by atoms with Gasteiger partial charge in [-0.1, -0.05) is 24.3 Å². The summed E-state index contributed by atoms with van der Waals surface area (Å²) in [5.74, 6) is 1.54. The highest BCUT2D eigenvalue weighted by atomic mass is 16.5. The van der Waals surface area contributed by atoms with Crippen molar-refractivity contribution in [1.82, 2.24) is 0 Å². The van der Waals surface area contributed by atoms with Crippen LogP contribution in [-0.2, 0) is 0 Å². The Morgan fingerprint density at radius 3 is 2.38 bits per heavy atom. The zero-order valence-corrected chi connectivity index (χ0v) is 14.3. The number of nitrogens with zero attached hydrogens (tertiary/aromatic N) is 1. The Hall–Kier alpha value is -3.53. The molecule has 0 bridgehead atoms. The number of para-hydroxylation sites is 3. The molecule has 0 unspecified atom stereocenters. The fourth-order valence-corrected chi connectivity index (χ4v) is 2.83. The van der Waals surface area contributed by atoms with Crippen LogP contribution in [0.5, 0.6) is 5.75 Å². The first-order chi connectivity index (χ1) is 12.7. The SMILES string of the molecule is COc1ccc(-c2cc(=Nc3ccccc3N)c3ccccc3o2)cc1. The van der Waals surface area contributed by atoms with Gasteiger partial charge < -0.3 is 14.9 Å². The van der Waals surface area contributed by atoms with Crippen LogP contribution >= 0.6 is 0 Å². The van der Waals surface area contributed by atoms with Crippen LogP contribution in [0.25, 0.3) is 22.3 Å². The van der Waals surface area contributed by atoms with E-state index in [-0.39, 0.29) is 0 Å². The van der Waals surface area contributed by atoms with Crippen LogP contribution in [0.4, 0.5) is 11.4 Å². The highest BCUT2D eigenvalue weighted by Gasteiger charge is 2.07. The van der Waals surface area contributed by atoms with Crippen molar-refractivity contribution in [2.45, 2.75) is 0 Å². The Kier molecular flexibility index (Phi) is 4.15. The van der Waals surface area contributed by atoms with Gasteiger partial charge in [-0.3, -0.25) is 0 Å². The number of hydrogen-bond donors (Lipinski definition) is 1. The van der Waals surface area contributed by atoms with E-state index >= 15 is 0 Å². The molecule has 0 spiro atoms. The maximum atomic E-state index is 6.10. The summed E-state index contributed by atoms with van der Waals surface area (Å²) in [5.41, 5.74) is 9.17. The molecule has 3 aromatic carbocycles. The summed E-state index contributed by atoms with van der Waals surface area (Å²) in [4.78, 5) is 4.78. The van der Waals surface area contributed by atoms with E-state index in [1.807, 2.05) is 78.9 Å². The molecule has 2 N–H and O–H groups in total. The van der Waals surface area contributed by atoms with E-state index in [4.69, 9.17) is 19.9 Å². The van der Waals surface area contributed by atoms with Gasteiger partial charge in [0.2, 0.25) is 0 Å². The molecular formula is C22H18N2O2. The normalized spacial score (nSPS) is 11.7. The standard InChI is InChI=1S/C22H18N2O2/c1-25-16-12-10-15(11-13-16)22-14-20(17-6-2-5-9-21(17)26-22)24-19-8-4-3-7-18(19)23/h2-14H,23H2,1H3. The molecule has 0 radical (unpaired) electrons. The number of nitrogens with two attached hydrogens (primary N) is 1. The van der Waals surface area contributed by atoms with Crippen LogP contribution in [0, 0.1) is 0 Å². The lowest BCUT2D eigenvalue weighted by atomic mass is 10.1. The van der Waals surface area contributed by atoms with E-state index in [9.17, 15) is 0 Å². The summed E-state index contributed by atoms with van der Waals surface area (Å²) in [7, 11) is 1.65. The van der Waals surface area contributed by atoms with E-state index in [0.29, 0.717) is 5.69 Å². The molecule has 0 fully saturated rings. The van der Waals surface area contributed by atoms with Gasteiger partial charge in [0.25, 0.3) is 0 Å². The second kappa shape index (κ2) is 6.76. The lowest BCUT2D eigenvalue weighted by Crippen LogP contribution is -2.03. The van der Waals surface area contributed by atoms with Crippen LogP contribution < -0.4 is 15.8 Å². The van der Waals surface area contributed by atoms with Gasteiger partial charge in [-0.05, 0) is 48.5 Å². The molecule has 0 aliphatic rings. The molecule has 4 nitrogen and oxygen atoms in total. The monoisotopic (exact) mass is 342 g/mol. The Balaban J connectivity index is 1.95.